The fourth-order valence-electron chi connectivity index (χ4n) is 1.57. The van der Waals surface area contributed by atoms with Crippen LogP contribution in [0.3, 0.4) is 0 Å². The summed E-state index contributed by atoms with van der Waals surface area (Å²) in [7, 11) is 0. The summed E-state index contributed by atoms with van der Waals surface area (Å²) in [6, 6.07) is 1.44. The van der Waals surface area contributed by atoms with Gasteiger partial charge in [-0.3, -0.25) is 0 Å². The molecule has 7 heteroatoms. The van der Waals surface area contributed by atoms with Gasteiger partial charge in [-0.2, -0.15) is 0 Å². The number of halogens is 2. The molecule has 0 fully saturated rings. The van der Waals surface area contributed by atoms with E-state index in [1.807, 2.05) is 10.8 Å². The highest BCUT2D eigenvalue weighted by atomic mass is 35.5. The first kappa shape index (κ1) is 12.5. The summed E-state index contributed by atoms with van der Waals surface area (Å²) >= 11 is 5.72. The van der Waals surface area contributed by atoms with Crippen LogP contribution in [-0.2, 0) is 6.54 Å². The summed E-state index contributed by atoms with van der Waals surface area (Å²) in [5.74, 6) is -0.625. The Kier molecular flexibility index (Phi) is 3.57. The third-order valence-corrected chi connectivity index (χ3v) is 2.88. The molecule has 0 saturated heterocycles. The minimum absolute atomic E-state index is 0.116. The minimum Gasteiger partial charge on any atom is -0.397 e. The van der Waals surface area contributed by atoms with Crippen LogP contribution in [0.4, 0.5) is 21.5 Å². The van der Waals surface area contributed by atoms with E-state index >= 15 is 0 Å². The highest BCUT2D eigenvalue weighted by Crippen LogP contribution is 2.33. The number of hydrogen-bond acceptors (Lipinski definition) is 4. The lowest BCUT2D eigenvalue weighted by Crippen LogP contribution is -2.12. The zero-order valence-electron chi connectivity index (χ0n) is 9.53. The van der Waals surface area contributed by atoms with E-state index in [4.69, 9.17) is 23.1 Å². The molecule has 0 spiro atoms. The van der Waals surface area contributed by atoms with Gasteiger partial charge in [-0.15, -0.1) is 0 Å². The molecule has 0 atom stereocenters. The first-order valence-electron chi connectivity index (χ1n) is 5.32. The lowest BCUT2D eigenvalue weighted by molar-refractivity contribution is 0.629. The van der Waals surface area contributed by atoms with Crippen molar-refractivity contribution in [3.63, 3.8) is 0 Å². The maximum atomic E-state index is 13.8. The molecule has 18 heavy (non-hydrogen) atoms. The predicted molar refractivity (Wildman–Crippen MR) is 71.0 cm³/mol. The van der Waals surface area contributed by atoms with E-state index < -0.39 is 5.82 Å². The molecule has 0 aliphatic rings. The van der Waals surface area contributed by atoms with Crippen molar-refractivity contribution in [3.8, 4) is 0 Å². The van der Waals surface area contributed by atoms with Crippen LogP contribution in [0, 0.1) is 5.82 Å². The monoisotopic (exact) mass is 269 g/mol. The molecule has 1 heterocycles. The molecule has 1 aromatic heterocycles. The molecular formula is C11H13ClFN5. The molecule has 0 bridgehead atoms. The highest BCUT2D eigenvalue weighted by Gasteiger charge is 2.13. The Bertz CT molecular complexity index is 541. The number of anilines is 3. The number of nitrogen functional groups attached to an aromatic ring is 2. The van der Waals surface area contributed by atoms with Crippen molar-refractivity contribution in [2.24, 2.45) is 0 Å². The van der Waals surface area contributed by atoms with Crippen molar-refractivity contribution >= 4 is 28.7 Å². The average Bonchev–Trinajstić information content (AvgIpc) is 2.84. The number of rotatable bonds is 4. The van der Waals surface area contributed by atoms with Gasteiger partial charge in [0.25, 0.3) is 0 Å². The Balaban J connectivity index is 2.07. The van der Waals surface area contributed by atoms with Gasteiger partial charge < -0.3 is 21.4 Å². The Hall–Kier alpha value is -1.95. The minimum atomic E-state index is -0.625. The molecule has 2 rings (SSSR count). The number of aromatic nitrogens is 2. The number of imidazole rings is 1. The number of hydrogen-bond donors (Lipinski definition) is 3. The second-order valence-electron chi connectivity index (χ2n) is 3.79. The lowest BCUT2D eigenvalue weighted by Gasteiger charge is -2.13. The average molecular weight is 270 g/mol. The molecule has 96 valence electrons. The van der Waals surface area contributed by atoms with E-state index in [0.29, 0.717) is 13.1 Å². The van der Waals surface area contributed by atoms with Gasteiger partial charge in [0.15, 0.2) is 5.82 Å². The summed E-state index contributed by atoms with van der Waals surface area (Å²) in [5.41, 5.74) is 11.7. The first-order chi connectivity index (χ1) is 8.59. The van der Waals surface area contributed by atoms with Crippen LogP contribution < -0.4 is 16.8 Å². The molecule has 0 aliphatic carbocycles. The predicted octanol–water partition coefficient (Wildman–Crippen LogP) is 1.95. The van der Waals surface area contributed by atoms with Crippen LogP contribution in [-0.4, -0.2) is 16.1 Å². The van der Waals surface area contributed by atoms with E-state index in [2.05, 4.69) is 10.3 Å². The van der Waals surface area contributed by atoms with Gasteiger partial charge in [-0.25, -0.2) is 9.37 Å². The molecule has 0 amide bonds. The quantitative estimate of drug-likeness (QED) is 0.741. The van der Waals surface area contributed by atoms with Crippen molar-refractivity contribution in [1.29, 1.82) is 0 Å². The third kappa shape index (κ3) is 2.48. The Labute approximate surface area is 109 Å². The number of nitrogens with zero attached hydrogens (tertiary/aromatic N) is 2. The summed E-state index contributed by atoms with van der Waals surface area (Å²) < 4.78 is 15.7. The van der Waals surface area contributed by atoms with E-state index in [1.54, 1.807) is 12.5 Å². The summed E-state index contributed by atoms with van der Waals surface area (Å²) in [5, 5.41) is 2.78. The first-order valence-corrected chi connectivity index (χ1v) is 5.70. The lowest BCUT2D eigenvalue weighted by atomic mass is 10.2. The van der Waals surface area contributed by atoms with Gasteiger partial charge in [0.1, 0.15) is 5.02 Å². The van der Waals surface area contributed by atoms with E-state index in [-0.39, 0.29) is 22.1 Å². The topological polar surface area (TPSA) is 81.9 Å². The largest absolute Gasteiger partial charge is 0.397 e. The zero-order chi connectivity index (χ0) is 13.1. The molecule has 5 nitrogen and oxygen atoms in total. The number of benzene rings is 1. The Morgan fingerprint density at radius 1 is 1.39 bits per heavy atom. The van der Waals surface area contributed by atoms with Crippen molar-refractivity contribution in [2.45, 2.75) is 6.54 Å². The molecule has 1 aromatic carbocycles. The highest BCUT2D eigenvalue weighted by molar-refractivity contribution is 6.33. The molecular weight excluding hydrogens is 257 g/mol. The van der Waals surface area contributed by atoms with Crippen molar-refractivity contribution < 1.29 is 4.39 Å². The van der Waals surface area contributed by atoms with Crippen LogP contribution in [0.5, 0.6) is 0 Å². The van der Waals surface area contributed by atoms with Crippen LogP contribution in [0.2, 0.25) is 5.02 Å². The fourth-order valence-corrected chi connectivity index (χ4v) is 1.72. The van der Waals surface area contributed by atoms with Gasteiger partial charge in [-0.1, -0.05) is 11.6 Å². The smallest absolute Gasteiger partial charge is 0.169 e. The zero-order valence-corrected chi connectivity index (χ0v) is 10.3. The van der Waals surface area contributed by atoms with Crippen molar-refractivity contribution in [2.75, 3.05) is 23.3 Å². The molecule has 2 aromatic rings. The van der Waals surface area contributed by atoms with Crippen molar-refractivity contribution in [1.82, 2.24) is 9.55 Å². The van der Waals surface area contributed by atoms with Crippen LogP contribution >= 0.6 is 11.6 Å². The molecule has 0 unspecified atom stereocenters. The number of nitrogens with one attached hydrogen (secondary N) is 1. The standard InChI is InChI=1S/C11H13ClFN5/c12-9-7(14)5-8(15)11(10(9)13)17-2-4-18-3-1-16-6-18/h1,3,5-6,17H,2,4,14-15H2. The number of nitrogens with two attached hydrogens (primary N) is 2. The van der Waals surface area contributed by atoms with E-state index in [1.165, 1.54) is 6.07 Å². The van der Waals surface area contributed by atoms with E-state index in [9.17, 15) is 4.39 Å². The summed E-state index contributed by atoms with van der Waals surface area (Å²) in [4.78, 5) is 3.91. The van der Waals surface area contributed by atoms with Crippen LogP contribution in [0.15, 0.2) is 24.8 Å². The summed E-state index contributed by atoms with van der Waals surface area (Å²) in [6.07, 6.45) is 5.17. The van der Waals surface area contributed by atoms with E-state index in [0.717, 1.165) is 0 Å². The molecule has 0 saturated carbocycles. The summed E-state index contributed by atoms with van der Waals surface area (Å²) in [6.45, 7) is 1.14. The second-order valence-corrected chi connectivity index (χ2v) is 4.16. The molecule has 0 radical (unpaired) electrons. The molecule has 0 aliphatic heterocycles. The second kappa shape index (κ2) is 5.14. The maximum absolute atomic E-state index is 13.8. The fraction of sp³-hybridized carbons (Fsp3) is 0.182. The van der Waals surface area contributed by atoms with Gasteiger partial charge in [0.05, 0.1) is 23.4 Å². The van der Waals surface area contributed by atoms with Gasteiger partial charge >= 0.3 is 0 Å². The SMILES string of the molecule is Nc1cc(N)c(NCCn2ccnc2)c(F)c1Cl. The Morgan fingerprint density at radius 2 is 2.17 bits per heavy atom. The van der Waals surface area contributed by atoms with Gasteiger partial charge in [0, 0.05) is 25.5 Å². The molecule has 5 N–H and O–H groups in total. The van der Waals surface area contributed by atoms with Gasteiger partial charge in [-0.05, 0) is 6.07 Å². The normalized spacial score (nSPS) is 10.6. The third-order valence-electron chi connectivity index (χ3n) is 2.50. The van der Waals surface area contributed by atoms with Crippen molar-refractivity contribution in [3.05, 3.63) is 35.6 Å². The maximum Gasteiger partial charge on any atom is 0.169 e. The van der Waals surface area contributed by atoms with Gasteiger partial charge in [0.2, 0.25) is 0 Å². The van der Waals surface area contributed by atoms with Crippen LogP contribution in [0.1, 0.15) is 0 Å². The Morgan fingerprint density at radius 3 is 2.83 bits per heavy atom. The van der Waals surface area contributed by atoms with Crippen LogP contribution in [0.25, 0.3) is 0 Å².